The number of methoxy groups -OCH3 is 2. The molecule has 0 atom stereocenters. The molecule has 0 fully saturated rings. The predicted octanol–water partition coefficient (Wildman–Crippen LogP) is 3.94. The Balaban J connectivity index is 2.06. The molecule has 2 aromatic rings. The van der Waals surface area contributed by atoms with Gasteiger partial charge in [-0.25, -0.2) is 0 Å². The molecule has 170 valence electrons. The maximum Gasteiger partial charge on any atom is 0.278 e. The van der Waals surface area contributed by atoms with Gasteiger partial charge in [0.05, 0.1) is 39.0 Å². The molecule has 7 nitrogen and oxygen atoms in total. The Labute approximate surface area is 189 Å². The van der Waals surface area contributed by atoms with Crippen LogP contribution in [0.2, 0.25) is 0 Å². The zero-order chi connectivity index (χ0) is 23.4. The summed E-state index contributed by atoms with van der Waals surface area (Å²) >= 11 is 0. The van der Waals surface area contributed by atoms with Crippen LogP contribution in [0.25, 0.3) is 5.57 Å². The van der Waals surface area contributed by atoms with Crippen LogP contribution in [0.1, 0.15) is 30.5 Å². The Hall–Kier alpha value is -3.32. The third-order valence-corrected chi connectivity index (χ3v) is 5.26. The van der Waals surface area contributed by atoms with E-state index in [0.717, 1.165) is 16.8 Å². The van der Waals surface area contributed by atoms with Gasteiger partial charge in [0.25, 0.3) is 11.8 Å². The minimum atomic E-state index is -0.381. The van der Waals surface area contributed by atoms with E-state index in [-0.39, 0.29) is 36.8 Å². The number of aryl methyl sites for hydroxylation is 2. The van der Waals surface area contributed by atoms with Gasteiger partial charge in [-0.2, -0.15) is 0 Å². The molecule has 1 aliphatic heterocycles. The second-order valence-corrected chi connectivity index (χ2v) is 7.94. The van der Waals surface area contributed by atoms with Crippen LogP contribution in [0, 0.1) is 13.8 Å². The third kappa shape index (κ3) is 4.78. The molecule has 3 rings (SSSR count). The van der Waals surface area contributed by atoms with Crippen LogP contribution in [-0.2, 0) is 14.3 Å². The number of anilines is 1. The van der Waals surface area contributed by atoms with Gasteiger partial charge in [-0.15, -0.1) is 0 Å². The van der Waals surface area contributed by atoms with Gasteiger partial charge in [-0.05, 0) is 62.6 Å². The van der Waals surface area contributed by atoms with Gasteiger partial charge < -0.3 is 19.5 Å². The number of hydrogen-bond donors (Lipinski definition) is 1. The molecule has 0 saturated heterocycles. The molecule has 1 N–H and O–H groups in total. The molecular formula is C25H30N2O5. The van der Waals surface area contributed by atoms with Crippen molar-refractivity contribution in [2.75, 3.05) is 32.7 Å². The van der Waals surface area contributed by atoms with Crippen LogP contribution in [0.5, 0.6) is 11.5 Å². The number of ether oxygens (including phenoxy) is 3. The van der Waals surface area contributed by atoms with Gasteiger partial charge in [-0.3, -0.25) is 14.5 Å². The van der Waals surface area contributed by atoms with Crippen LogP contribution in [0.15, 0.2) is 42.1 Å². The number of nitrogens with zero attached hydrogens (tertiary/aromatic N) is 1. The predicted molar refractivity (Wildman–Crippen MR) is 124 cm³/mol. The number of hydrogen-bond acceptors (Lipinski definition) is 6. The highest BCUT2D eigenvalue weighted by Crippen LogP contribution is 2.36. The molecule has 0 radical (unpaired) electrons. The van der Waals surface area contributed by atoms with Crippen LogP contribution in [0.4, 0.5) is 5.69 Å². The number of benzene rings is 2. The smallest absolute Gasteiger partial charge is 0.278 e. The first-order chi connectivity index (χ1) is 15.3. The van der Waals surface area contributed by atoms with Crippen molar-refractivity contribution in [3.05, 3.63) is 58.8 Å². The molecular weight excluding hydrogens is 408 g/mol. The normalized spacial score (nSPS) is 13.9. The molecule has 1 heterocycles. The van der Waals surface area contributed by atoms with Gasteiger partial charge in [0.1, 0.15) is 5.70 Å². The summed E-state index contributed by atoms with van der Waals surface area (Å²) in [5.74, 6) is 0.265. The fraction of sp³-hybridized carbons (Fsp3) is 0.360. The highest BCUT2D eigenvalue weighted by atomic mass is 16.5. The number of carbonyl (C=O) groups is 2. The van der Waals surface area contributed by atoms with E-state index in [2.05, 4.69) is 5.32 Å². The standard InChI is InChI=1S/C25H30N2O5/c1-15(2)32-12-11-27-24(28)22(18-9-10-20(30-5)21(14-18)31-6)23(25(27)29)26-19-13-16(3)7-8-17(19)4/h7-10,13-15,26H,11-12H2,1-6H3. The van der Waals surface area contributed by atoms with Gasteiger partial charge >= 0.3 is 0 Å². The third-order valence-electron chi connectivity index (χ3n) is 5.26. The van der Waals surface area contributed by atoms with E-state index in [1.54, 1.807) is 25.3 Å². The van der Waals surface area contributed by atoms with Gasteiger partial charge in [0, 0.05) is 5.69 Å². The van der Waals surface area contributed by atoms with Crippen molar-refractivity contribution in [3.63, 3.8) is 0 Å². The molecule has 0 unspecified atom stereocenters. The molecule has 2 amide bonds. The van der Waals surface area contributed by atoms with Crippen LogP contribution >= 0.6 is 0 Å². The fourth-order valence-corrected chi connectivity index (χ4v) is 3.54. The van der Waals surface area contributed by atoms with E-state index in [1.165, 1.54) is 12.0 Å². The van der Waals surface area contributed by atoms with E-state index < -0.39 is 0 Å². The summed E-state index contributed by atoms with van der Waals surface area (Å²) in [5, 5.41) is 3.23. The summed E-state index contributed by atoms with van der Waals surface area (Å²) in [6.45, 7) is 8.19. The Bertz CT molecular complexity index is 1060. The highest BCUT2D eigenvalue weighted by Gasteiger charge is 2.39. The average molecular weight is 439 g/mol. The molecule has 7 heteroatoms. The molecule has 0 saturated carbocycles. The first-order valence-corrected chi connectivity index (χ1v) is 10.6. The largest absolute Gasteiger partial charge is 0.493 e. The summed E-state index contributed by atoms with van der Waals surface area (Å²) in [6, 6.07) is 11.1. The van der Waals surface area contributed by atoms with Crippen molar-refractivity contribution >= 4 is 23.1 Å². The van der Waals surface area contributed by atoms with Gasteiger partial charge in [0.2, 0.25) is 0 Å². The second kappa shape index (κ2) is 9.87. The maximum atomic E-state index is 13.4. The zero-order valence-electron chi connectivity index (χ0n) is 19.4. The van der Waals surface area contributed by atoms with Crippen LogP contribution in [0.3, 0.4) is 0 Å². The summed E-state index contributed by atoms with van der Waals surface area (Å²) in [5.41, 5.74) is 3.89. The van der Waals surface area contributed by atoms with E-state index in [0.29, 0.717) is 22.6 Å². The minimum absolute atomic E-state index is 0.00799. The Morgan fingerprint density at radius 2 is 1.66 bits per heavy atom. The number of nitrogens with one attached hydrogen (secondary N) is 1. The Morgan fingerprint density at radius 1 is 0.938 bits per heavy atom. The first kappa shape index (κ1) is 23.3. The number of amides is 2. The van der Waals surface area contributed by atoms with Crippen molar-refractivity contribution in [2.45, 2.75) is 33.8 Å². The fourth-order valence-electron chi connectivity index (χ4n) is 3.54. The molecule has 1 aliphatic rings. The second-order valence-electron chi connectivity index (χ2n) is 7.94. The van der Waals surface area contributed by atoms with Gasteiger partial charge in [0.15, 0.2) is 11.5 Å². The van der Waals surface area contributed by atoms with Crippen LogP contribution < -0.4 is 14.8 Å². The molecule has 0 aliphatic carbocycles. The molecule has 0 aromatic heterocycles. The minimum Gasteiger partial charge on any atom is -0.493 e. The Morgan fingerprint density at radius 3 is 2.31 bits per heavy atom. The Kier molecular flexibility index (Phi) is 7.20. The first-order valence-electron chi connectivity index (χ1n) is 10.6. The topological polar surface area (TPSA) is 77.1 Å². The van der Waals surface area contributed by atoms with Crippen molar-refractivity contribution < 1.29 is 23.8 Å². The molecule has 0 bridgehead atoms. The quantitative estimate of drug-likeness (QED) is 0.598. The van der Waals surface area contributed by atoms with Crippen LogP contribution in [-0.4, -0.2) is 50.2 Å². The van der Waals surface area contributed by atoms with Crippen molar-refractivity contribution in [2.24, 2.45) is 0 Å². The zero-order valence-corrected chi connectivity index (χ0v) is 19.4. The van der Waals surface area contributed by atoms with E-state index in [1.807, 2.05) is 45.9 Å². The average Bonchev–Trinajstić information content (AvgIpc) is 2.99. The van der Waals surface area contributed by atoms with E-state index in [4.69, 9.17) is 14.2 Å². The molecule has 32 heavy (non-hydrogen) atoms. The van der Waals surface area contributed by atoms with Gasteiger partial charge in [-0.1, -0.05) is 18.2 Å². The number of rotatable bonds is 9. The lowest BCUT2D eigenvalue weighted by Crippen LogP contribution is -2.35. The highest BCUT2D eigenvalue weighted by molar-refractivity contribution is 6.36. The molecule has 2 aromatic carbocycles. The van der Waals surface area contributed by atoms with Crippen molar-refractivity contribution in [1.29, 1.82) is 0 Å². The van der Waals surface area contributed by atoms with E-state index >= 15 is 0 Å². The lowest BCUT2D eigenvalue weighted by atomic mass is 10.0. The molecule has 0 spiro atoms. The number of carbonyl (C=O) groups excluding carboxylic acids is 2. The lowest BCUT2D eigenvalue weighted by molar-refractivity contribution is -0.137. The van der Waals surface area contributed by atoms with E-state index in [9.17, 15) is 9.59 Å². The monoisotopic (exact) mass is 438 g/mol. The number of imide groups is 1. The summed E-state index contributed by atoms with van der Waals surface area (Å²) in [7, 11) is 3.08. The lowest BCUT2D eigenvalue weighted by Gasteiger charge is -2.17. The maximum absolute atomic E-state index is 13.4. The van der Waals surface area contributed by atoms with Crippen molar-refractivity contribution in [3.8, 4) is 11.5 Å². The summed E-state index contributed by atoms with van der Waals surface area (Å²) in [4.78, 5) is 27.9. The van der Waals surface area contributed by atoms with Crippen molar-refractivity contribution in [1.82, 2.24) is 4.90 Å². The summed E-state index contributed by atoms with van der Waals surface area (Å²) in [6.07, 6.45) is 0.00799. The SMILES string of the molecule is COc1ccc(C2=C(Nc3cc(C)ccc3C)C(=O)N(CCOC(C)C)C2=O)cc1OC. The summed E-state index contributed by atoms with van der Waals surface area (Å²) < 4.78 is 16.3.